The Bertz CT molecular complexity index is 826. The third-order valence-electron chi connectivity index (χ3n) is 4.37. The Morgan fingerprint density at radius 1 is 0.889 bits per heavy atom. The van der Waals surface area contributed by atoms with Gasteiger partial charge in [0.05, 0.1) is 6.04 Å². The SMILES string of the molecule is CC(=O)[C@H](CCC(=O)OC(C)(C)C)NC(=O)N[C@@H](CCCCNC(=O)CN=[N+]=[N-])C(=O)OC(C)(C)C. The lowest BCUT2D eigenvalue weighted by Crippen LogP contribution is -2.52. The third-order valence-corrected chi connectivity index (χ3v) is 4.37. The number of Topliss-reactive ketones (excluding diaryl/α,β-unsaturated/α-hetero) is 1. The molecule has 0 aromatic heterocycles. The third kappa shape index (κ3) is 17.1. The van der Waals surface area contributed by atoms with Crippen LogP contribution in [0.15, 0.2) is 5.11 Å². The monoisotopic (exact) mass is 512 g/mol. The van der Waals surface area contributed by atoms with E-state index in [2.05, 4.69) is 26.0 Å². The molecule has 13 heteroatoms. The fraction of sp³-hybridized carbons (Fsp3) is 0.783. The zero-order valence-corrected chi connectivity index (χ0v) is 22.3. The molecule has 3 N–H and O–H groups in total. The van der Waals surface area contributed by atoms with Gasteiger partial charge in [0, 0.05) is 17.9 Å². The first-order chi connectivity index (χ1) is 16.5. The fourth-order valence-electron chi connectivity index (χ4n) is 2.86. The molecule has 0 rings (SSSR count). The van der Waals surface area contributed by atoms with Crippen molar-refractivity contribution >= 4 is 29.7 Å². The van der Waals surface area contributed by atoms with Crippen molar-refractivity contribution in [1.29, 1.82) is 0 Å². The van der Waals surface area contributed by atoms with Gasteiger partial charge in [0.25, 0.3) is 0 Å². The lowest BCUT2D eigenvalue weighted by atomic mass is 10.1. The molecule has 0 radical (unpaired) electrons. The summed E-state index contributed by atoms with van der Waals surface area (Å²) < 4.78 is 10.6. The molecule has 36 heavy (non-hydrogen) atoms. The minimum atomic E-state index is -0.999. The van der Waals surface area contributed by atoms with E-state index in [0.29, 0.717) is 19.4 Å². The second-order valence-electron chi connectivity index (χ2n) is 10.2. The van der Waals surface area contributed by atoms with Gasteiger partial charge in [-0.15, -0.1) is 0 Å². The molecule has 0 spiro atoms. The molecule has 0 fully saturated rings. The molecule has 0 saturated carbocycles. The zero-order chi connectivity index (χ0) is 27.9. The van der Waals surface area contributed by atoms with Crippen LogP contribution in [0, 0.1) is 0 Å². The number of azide groups is 1. The number of ether oxygens (including phenoxy) is 2. The van der Waals surface area contributed by atoms with Gasteiger partial charge in [0.15, 0.2) is 5.78 Å². The van der Waals surface area contributed by atoms with E-state index in [1.54, 1.807) is 41.5 Å². The molecule has 0 unspecified atom stereocenters. The summed E-state index contributed by atoms with van der Waals surface area (Å²) in [6, 6.07) is -2.69. The van der Waals surface area contributed by atoms with Gasteiger partial charge in [-0.2, -0.15) is 0 Å². The second-order valence-corrected chi connectivity index (χ2v) is 10.2. The summed E-state index contributed by atoms with van der Waals surface area (Å²) in [7, 11) is 0. The molecule has 0 bridgehead atoms. The molecule has 13 nitrogen and oxygen atoms in total. The largest absolute Gasteiger partial charge is 0.460 e. The molecular weight excluding hydrogens is 472 g/mol. The number of carbonyl (C=O) groups is 5. The quantitative estimate of drug-likeness (QED) is 0.105. The van der Waals surface area contributed by atoms with Crippen LogP contribution in [0.3, 0.4) is 0 Å². The van der Waals surface area contributed by atoms with Gasteiger partial charge in [-0.1, -0.05) is 5.11 Å². The van der Waals surface area contributed by atoms with Crippen LogP contribution >= 0.6 is 0 Å². The van der Waals surface area contributed by atoms with Gasteiger partial charge in [0.2, 0.25) is 5.91 Å². The number of unbranched alkanes of at least 4 members (excludes halogenated alkanes) is 1. The summed E-state index contributed by atoms with van der Waals surface area (Å²) in [4.78, 5) is 63.2. The average Bonchev–Trinajstić information content (AvgIpc) is 2.71. The summed E-state index contributed by atoms with van der Waals surface area (Å²) in [6.45, 7) is 11.6. The zero-order valence-electron chi connectivity index (χ0n) is 22.3. The number of hydrogen-bond donors (Lipinski definition) is 3. The van der Waals surface area contributed by atoms with E-state index >= 15 is 0 Å². The first kappa shape index (κ1) is 32.7. The highest BCUT2D eigenvalue weighted by Gasteiger charge is 2.28. The minimum absolute atomic E-state index is 0.0459. The summed E-state index contributed by atoms with van der Waals surface area (Å²) in [5.41, 5.74) is 6.78. The number of nitrogens with zero attached hydrogens (tertiary/aromatic N) is 3. The van der Waals surface area contributed by atoms with E-state index in [4.69, 9.17) is 15.0 Å². The number of esters is 2. The van der Waals surface area contributed by atoms with E-state index in [1.165, 1.54) is 6.92 Å². The molecular formula is C23H40N6O7. The average molecular weight is 513 g/mol. The highest BCUT2D eigenvalue weighted by Crippen LogP contribution is 2.13. The number of hydrogen-bond acceptors (Lipinski definition) is 8. The number of ketones is 1. The molecule has 0 aromatic rings. The molecule has 0 aromatic carbocycles. The lowest BCUT2D eigenvalue weighted by Gasteiger charge is -2.25. The summed E-state index contributed by atoms with van der Waals surface area (Å²) in [6.07, 6.45) is 1.15. The number of carbonyl (C=O) groups excluding carboxylic acids is 5. The van der Waals surface area contributed by atoms with Gasteiger partial charge in [0.1, 0.15) is 23.8 Å². The number of rotatable bonds is 14. The van der Waals surface area contributed by atoms with Crippen LogP contribution in [0.1, 0.15) is 80.6 Å². The van der Waals surface area contributed by atoms with Crippen LogP contribution in [0.4, 0.5) is 4.79 Å². The van der Waals surface area contributed by atoms with Gasteiger partial charge in [-0.25, -0.2) is 9.59 Å². The molecule has 2 atom stereocenters. The first-order valence-electron chi connectivity index (χ1n) is 11.8. The van der Waals surface area contributed by atoms with Crippen LogP contribution in [0.25, 0.3) is 10.4 Å². The maximum absolute atomic E-state index is 12.6. The van der Waals surface area contributed by atoms with Gasteiger partial charge in [-0.05, 0) is 79.7 Å². The highest BCUT2D eigenvalue weighted by atomic mass is 16.6. The Morgan fingerprint density at radius 3 is 2.00 bits per heavy atom. The van der Waals surface area contributed by atoms with Gasteiger partial charge >= 0.3 is 18.0 Å². The molecule has 3 amide bonds. The van der Waals surface area contributed by atoms with E-state index < -0.39 is 47.2 Å². The maximum Gasteiger partial charge on any atom is 0.329 e. The Morgan fingerprint density at radius 2 is 1.47 bits per heavy atom. The van der Waals surface area contributed by atoms with E-state index in [0.717, 1.165) is 0 Å². The van der Waals surface area contributed by atoms with E-state index in [-0.39, 0.29) is 31.6 Å². The predicted octanol–water partition coefficient (Wildman–Crippen LogP) is 2.67. The van der Waals surface area contributed by atoms with Crippen molar-refractivity contribution < 1.29 is 33.4 Å². The number of urea groups is 1. The van der Waals surface area contributed by atoms with Crippen molar-refractivity contribution in [2.24, 2.45) is 5.11 Å². The fourth-order valence-corrected chi connectivity index (χ4v) is 2.86. The number of amides is 3. The minimum Gasteiger partial charge on any atom is -0.460 e. The van der Waals surface area contributed by atoms with E-state index in [1.807, 2.05) is 0 Å². The van der Waals surface area contributed by atoms with Crippen LogP contribution in [-0.4, -0.2) is 66.0 Å². The Labute approximate surface area is 212 Å². The Kier molecular flexibility index (Phi) is 14.2. The summed E-state index contributed by atoms with van der Waals surface area (Å²) in [5.74, 6) is -1.90. The van der Waals surface area contributed by atoms with Gasteiger partial charge in [-0.3, -0.25) is 14.4 Å². The molecule has 204 valence electrons. The molecule has 0 aliphatic heterocycles. The predicted molar refractivity (Wildman–Crippen MR) is 132 cm³/mol. The smallest absolute Gasteiger partial charge is 0.329 e. The van der Waals surface area contributed by atoms with Gasteiger partial charge < -0.3 is 25.4 Å². The first-order valence-corrected chi connectivity index (χ1v) is 11.8. The van der Waals surface area contributed by atoms with Crippen LogP contribution in [-0.2, 0) is 28.7 Å². The lowest BCUT2D eigenvalue weighted by molar-refractivity contribution is -0.157. The number of nitrogens with one attached hydrogen (secondary N) is 3. The van der Waals surface area contributed by atoms with Crippen molar-refractivity contribution in [1.82, 2.24) is 16.0 Å². The normalized spacial score (nSPS) is 12.9. The standard InChI is InChI=1S/C23H40N6O7/c1-15(30)16(11-12-19(32)35-22(2,3)4)27-21(34)28-17(20(33)36-23(5,6)7)10-8-9-13-25-18(31)14-26-29-24/h16-17H,8-14H2,1-7H3,(H,25,31)(H2,27,28,34)/t16-,17-/m0/s1. The topological polar surface area (TPSA) is 189 Å². The molecule has 0 aliphatic rings. The highest BCUT2D eigenvalue weighted by molar-refractivity contribution is 5.89. The van der Waals surface area contributed by atoms with Crippen molar-refractivity contribution in [3.8, 4) is 0 Å². The molecule has 0 aliphatic carbocycles. The van der Waals surface area contributed by atoms with Crippen LogP contribution in [0.2, 0.25) is 0 Å². The van der Waals surface area contributed by atoms with Crippen molar-refractivity contribution in [3.05, 3.63) is 10.4 Å². The van der Waals surface area contributed by atoms with Crippen LogP contribution in [0.5, 0.6) is 0 Å². The van der Waals surface area contributed by atoms with Crippen molar-refractivity contribution in [3.63, 3.8) is 0 Å². The maximum atomic E-state index is 12.6. The molecule has 0 saturated heterocycles. The van der Waals surface area contributed by atoms with Crippen molar-refractivity contribution in [2.45, 2.75) is 104 Å². The van der Waals surface area contributed by atoms with Crippen LogP contribution < -0.4 is 16.0 Å². The Balaban J connectivity index is 4.98. The summed E-state index contributed by atoms with van der Waals surface area (Å²) >= 11 is 0. The second kappa shape index (κ2) is 15.6. The summed E-state index contributed by atoms with van der Waals surface area (Å²) in [5, 5.41) is 10.8. The van der Waals surface area contributed by atoms with Crippen molar-refractivity contribution in [2.75, 3.05) is 13.1 Å². The van der Waals surface area contributed by atoms with E-state index in [9.17, 15) is 24.0 Å². The molecule has 0 heterocycles. The Hall–Kier alpha value is -3.34.